The van der Waals surface area contributed by atoms with Crippen LogP contribution in [0.4, 0.5) is 0 Å². The summed E-state index contributed by atoms with van der Waals surface area (Å²) < 4.78 is 11.8. The van der Waals surface area contributed by atoms with Crippen molar-refractivity contribution >= 4 is 23.2 Å². The molecule has 4 aromatic carbocycles. The Kier molecular flexibility index (Phi) is 15.2. The number of hydrogen-bond acceptors (Lipinski definition) is 8. The zero-order valence-electron chi connectivity index (χ0n) is 28.4. The minimum Gasteiger partial charge on any atom is -0.489 e. The third-order valence-electron chi connectivity index (χ3n) is 6.88. The fourth-order valence-electron chi connectivity index (χ4n) is 4.59. The molecule has 0 fully saturated rings. The Morgan fingerprint density at radius 2 is 1.12 bits per heavy atom. The van der Waals surface area contributed by atoms with Gasteiger partial charge in [0.15, 0.2) is 11.4 Å². The molecule has 10 nitrogen and oxygen atoms in total. The van der Waals surface area contributed by atoms with Crippen LogP contribution in [0.1, 0.15) is 47.2 Å². The van der Waals surface area contributed by atoms with Gasteiger partial charge in [-0.3, -0.25) is 9.59 Å². The van der Waals surface area contributed by atoms with E-state index < -0.39 is 0 Å². The van der Waals surface area contributed by atoms with Crippen molar-refractivity contribution in [3.8, 4) is 11.5 Å². The summed E-state index contributed by atoms with van der Waals surface area (Å²) >= 11 is 0. The fourth-order valence-corrected chi connectivity index (χ4v) is 4.59. The van der Waals surface area contributed by atoms with Crippen molar-refractivity contribution in [2.24, 2.45) is 10.3 Å². The van der Waals surface area contributed by atoms with E-state index in [1.165, 1.54) is 14.2 Å². The monoisotopic (exact) mass is 652 g/mol. The highest BCUT2D eigenvalue weighted by atomic mass is 16.6. The van der Waals surface area contributed by atoms with Gasteiger partial charge in [-0.05, 0) is 68.1 Å². The number of nitrogens with zero attached hydrogens (tertiary/aromatic N) is 2. The molecule has 48 heavy (non-hydrogen) atoms. The predicted molar refractivity (Wildman–Crippen MR) is 188 cm³/mol. The molecule has 252 valence electrons. The van der Waals surface area contributed by atoms with Crippen LogP contribution in [0.15, 0.2) is 107 Å². The zero-order valence-corrected chi connectivity index (χ0v) is 28.4. The van der Waals surface area contributed by atoms with E-state index >= 15 is 0 Å². The molecule has 2 amide bonds. The molecular formula is C38H44N4O6. The lowest BCUT2D eigenvalue weighted by Gasteiger charge is -2.13. The molecule has 0 heterocycles. The Morgan fingerprint density at radius 1 is 0.625 bits per heavy atom. The van der Waals surface area contributed by atoms with Crippen LogP contribution in [-0.2, 0) is 32.5 Å². The van der Waals surface area contributed by atoms with Gasteiger partial charge in [-0.1, -0.05) is 89.2 Å². The number of rotatable bonds is 14. The van der Waals surface area contributed by atoms with Gasteiger partial charge >= 0.3 is 0 Å². The van der Waals surface area contributed by atoms with Gasteiger partial charge in [0.1, 0.15) is 38.9 Å². The van der Waals surface area contributed by atoms with E-state index in [1.54, 1.807) is 0 Å². The number of para-hydroxylation sites is 1. The van der Waals surface area contributed by atoms with Crippen LogP contribution in [0, 0.1) is 13.8 Å². The second-order valence-corrected chi connectivity index (χ2v) is 10.4. The lowest BCUT2D eigenvalue weighted by Crippen LogP contribution is -2.32. The number of amides is 2. The molecule has 0 saturated carbocycles. The van der Waals surface area contributed by atoms with E-state index in [1.807, 2.05) is 125 Å². The van der Waals surface area contributed by atoms with Crippen molar-refractivity contribution in [2.45, 2.75) is 40.9 Å². The third-order valence-corrected chi connectivity index (χ3v) is 6.88. The maximum atomic E-state index is 12.3. The van der Waals surface area contributed by atoms with Crippen molar-refractivity contribution in [1.82, 2.24) is 10.6 Å². The van der Waals surface area contributed by atoms with Crippen LogP contribution in [0.2, 0.25) is 0 Å². The minimum atomic E-state index is -0.276. The fraction of sp³-hybridized carbons (Fsp3) is 0.263. The van der Waals surface area contributed by atoms with E-state index in [-0.39, 0.29) is 23.2 Å². The van der Waals surface area contributed by atoms with E-state index in [2.05, 4.69) is 20.9 Å². The maximum Gasteiger partial charge on any atom is 0.273 e. The van der Waals surface area contributed by atoms with Crippen LogP contribution in [-0.4, -0.2) is 50.5 Å². The summed E-state index contributed by atoms with van der Waals surface area (Å²) in [6.45, 7) is 9.43. The van der Waals surface area contributed by atoms with Crippen LogP contribution in [0.25, 0.3) is 0 Å². The molecule has 0 spiro atoms. The normalized spacial score (nSPS) is 11.0. The van der Waals surface area contributed by atoms with Crippen LogP contribution < -0.4 is 20.1 Å². The zero-order chi connectivity index (χ0) is 34.7. The van der Waals surface area contributed by atoms with Crippen LogP contribution >= 0.6 is 0 Å². The molecule has 0 aromatic heterocycles. The number of aryl methyl sites for hydroxylation is 2. The SMILES string of the molecule is CCNC(=O)/C(=N/OC)c1ccccc1COc1cccc(C)c1.CCNC(=O)/C(=N/OC)c1ccccc1COc1ccccc1C. The summed E-state index contributed by atoms with van der Waals surface area (Å²) in [5.41, 5.74) is 5.78. The molecule has 4 rings (SSSR count). The topological polar surface area (TPSA) is 120 Å². The highest BCUT2D eigenvalue weighted by molar-refractivity contribution is 6.46. The molecule has 0 unspecified atom stereocenters. The van der Waals surface area contributed by atoms with E-state index in [0.29, 0.717) is 37.4 Å². The maximum absolute atomic E-state index is 12.3. The molecule has 0 aliphatic heterocycles. The summed E-state index contributed by atoms with van der Waals surface area (Å²) in [5, 5.41) is 13.3. The number of carbonyl (C=O) groups is 2. The average Bonchev–Trinajstić information content (AvgIpc) is 3.09. The molecule has 10 heteroatoms. The summed E-state index contributed by atoms with van der Waals surface area (Å²) in [5.74, 6) is 1.05. The molecule has 2 N–H and O–H groups in total. The number of carbonyl (C=O) groups excluding carboxylic acids is 2. The van der Waals surface area contributed by atoms with Gasteiger partial charge in [0.05, 0.1) is 0 Å². The first-order valence-corrected chi connectivity index (χ1v) is 15.7. The van der Waals surface area contributed by atoms with Crippen LogP contribution in [0.5, 0.6) is 11.5 Å². The number of likely N-dealkylation sites (N-methyl/N-ethyl adjacent to an activating group) is 2. The first-order valence-electron chi connectivity index (χ1n) is 15.7. The summed E-state index contributed by atoms with van der Waals surface area (Å²) in [4.78, 5) is 34.2. The quantitative estimate of drug-likeness (QED) is 0.125. The highest BCUT2D eigenvalue weighted by Crippen LogP contribution is 2.20. The molecular weight excluding hydrogens is 608 g/mol. The standard InChI is InChI=1S/2C19H22N2O3/c1-4-20-19(22)18(21-23-3)16-11-7-6-10-15(16)13-24-17-12-8-5-9-14(17)2;1-4-20-19(22)18(21-23-3)17-11-6-5-9-15(17)13-24-16-10-7-8-14(2)12-16/h2*5-12H,4,13H2,1-3H3,(H,20,22)/b2*21-18+. The molecule has 0 radical (unpaired) electrons. The predicted octanol–water partition coefficient (Wildman–Crippen LogP) is 6.12. The van der Waals surface area contributed by atoms with Gasteiger partial charge in [0.25, 0.3) is 11.8 Å². The van der Waals surface area contributed by atoms with Crippen molar-refractivity contribution in [1.29, 1.82) is 0 Å². The van der Waals surface area contributed by atoms with Gasteiger partial charge in [-0.2, -0.15) is 0 Å². The smallest absolute Gasteiger partial charge is 0.273 e. The molecule has 0 atom stereocenters. The van der Waals surface area contributed by atoms with Crippen LogP contribution in [0.3, 0.4) is 0 Å². The lowest BCUT2D eigenvalue weighted by molar-refractivity contribution is -0.115. The van der Waals surface area contributed by atoms with E-state index in [9.17, 15) is 9.59 Å². The number of hydrogen-bond donors (Lipinski definition) is 2. The Balaban J connectivity index is 0.000000260. The van der Waals surface area contributed by atoms with Gasteiger partial charge < -0.3 is 29.8 Å². The number of benzene rings is 4. The van der Waals surface area contributed by atoms with Crippen molar-refractivity contribution < 1.29 is 28.7 Å². The summed E-state index contributed by atoms with van der Waals surface area (Å²) in [6.07, 6.45) is 0. The van der Waals surface area contributed by atoms with E-state index in [0.717, 1.165) is 33.8 Å². The molecule has 0 saturated heterocycles. The highest BCUT2D eigenvalue weighted by Gasteiger charge is 2.19. The molecule has 0 aliphatic carbocycles. The number of nitrogens with one attached hydrogen (secondary N) is 2. The van der Waals surface area contributed by atoms with Gasteiger partial charge in [0.2, 0.25) is 0 Å². The lowest BCUT2D eigenvalue weighted by atomic mass is 10.0. The summed E-state index contributed by atoms with van der Waals surface area (Å²) in [7, 11) is 2.84. The third kappa shape index (κ3) is 11.0. The van der Waals surface area contributed by atoms with Gasteiger partial charge in [-0.15, -0.1) is 0 Å². The molecule has 0 aliphatic rings. The van der Waals surface area contributed by atoms with E-state index in [4.69, 9.17) is 19.1 Å². The second kappa shape index (κ2) is 19.8. The molecule has 0 bridgehead atoms. The Bertz CT molecular complexity index is 1700. The Hall–Kier alpha value is -5.64. The number of ether oxygens (including phenoxy) is 2. The molecule has 4 aromatic rings. The van der Waals surface area contributed by atoms with Crippen molar-refractivity contribution in [2.75, 3.05) is 27.3 Å². The number of oxime groups is 2. The largest absolute Gasteiger partial charge is 0.489 e. The van der Waals surface area contributed by atoms with Gasteiger partial charge in [0, 0.05) is 24.2 Å². The van der Waals surface area contributed by atoms with Gasteiger partial charge in [-0.25, -0.2) is 0 Å². The summed E-state index contributed by atoms with van der Waals surface area (Å²) in [6, 6.07) is 30.7. The Labute approximate surface area is 282 Å². The first kappa shape index (κ1) is 36.8. The average molecular weight is 653 g/mol. The van der Waals surface area contributed by atoms with Crippen molar-refractivity contribution in [3.63, 3.8) is 0 Å². The van der Waals surface area contributed by atoms with Crippen molar-refractivity contribution in [3.05, 3.63) is 130 Å². The second-order valence-electron chi connectivity index (χ2n) is 10.4. The Morgan fingerprint density at radius 3 is 1.62 bits per heavy atom. The minimum absolute atomic E-state index is 0.239. The first-order chi connectivity index (χ1) is 23.3.